The van der Waals surface area contributed by atoms with E-state index in [2.05, 4.69) is 33.8 Å². The van der Waals surface area contributed by atoms with E-state index < -0.39 is 8.07 Å². The average molecular weight is 247 g/mol. The zero-order valence-electron chi connectivity index (χ0n) is 9.48. The second-order valence-corrected chi connectivity index (χ2v) is 11.1. The fourth-order valence-corrected chi connectivity index (χ4v) is 8.68. The molecular formula is C11H19ClSSi. The highest BCUT2D eigenvalue weighted by molar-refractivity contribution is 7.29. The molecular weight excluding hydrogens is 228 g/mol. The molecule has 0 fully saturated rings. The summed E-state index contributed by atoms with van der Waals surface area (Å²) in [5.41, 5.74) is 1.26. The molecule has 14 heavy (non-hydrogen) atoms. The molecule has 0 aromatic carbocycles. The molecule has 0 amide bonds. The lowest BCUT2D eigenvalue weighted by atomic mass is 10.4. The summed E-state index contributed by atoms with van der Waals surface area (Å²) in [4.78, 5) is 0. The molecule has 1 aromatic heterocycles. The van der Waals surface area contributed by atoms with Gasteiger partial charge in [-0.05, 0) is 23.1 Å². The fourth-order valence-electron chi connectivity index (χ4n) is 1.99. The Labute approximate surface area is 97.3 Å². The Hall–Kier alpha value is 0.207. The van der Waals surface area contributed by atoms with Crippen molar-refractivity contribution in [2.24, 2.45) is 0 Å². The number of thiophene rings is 1. The van der Waals surface area contributed by atoms with E-state index in [1.54, 1.807) is 4.50 Å². The van der Waals surface area contributed by atoms with Gasteiger partial charge in [0.2, 0.25) is 0 Å². The van der Waals surface area contributed by atoms with E-state index >= 15 is 0 Å². The molecule has 0 saturated heterocycles. The first kappa shape index (κ1) is 12.3. The number of hydrogen-bond donors (Lipinski definition) is 0. The largest absolute Gasteiger partial charge is 0.133 e. The SMILES string of the molecule is CC[Si](CC)(CC)c1cc(C)c(Cl)s1. The Bertz CT molecular complexity index is 274. The molecule has 0 unspecified atom stereocenters. The Balaban J connectivity index is 3.10. The van der Waals surface area contributed by atoms with Gasteiger partial charge in [-0.3, -0.25) is 0 Å². The quantitative estimate of drug-likeness (QED) is 0.690. The van der Waals surface area contributed by atoms with Crippen LogP contribution in [0.15, 0.2) is 6.07 Å². The number of aryl methyl sites for hydroxylation is 1. The maximum absolute atomic E-state index is 6.15. The summed E-state index contributed by atoms with van der Waals surface area (Å²) < 4.78 is 2.60. The van der Waals surface area contributed by atoms with Crippen LogP contribution < -0.4 is 4.50 Å². The van der Waals surface area contributed by atoms with Gasteiger partial charge in [0.1, 0.15) is 0 Å². The standard InChI is InChI=1S/C11H19ClSSi/c1-5-14(6-2,7-3)10-8-9(4)11(12)13-10/h8H,5-7H2,1-4H3. The van der Waals surface area contributed by atoms with Crippen LogP contribution in [0, 0.1) is 6.92 Å². The highest BCUT2D eigenvalue weighted by Gasteiger charge is 2.31. The molecule has 0 aliphatic carbocycles. The van der Waals surface area contributed by atoms with Crippen LogP contribution in [0.5, 0.6) is 0 Å². The lowest BCUT2D eigenvalue weighted by Gasteiger charge is -2.26. The van der Waals surface area contributed by atoms with Crippen LogP contribution in [0.25, 0.3) is 0 Å². The number of hydrogen-bond acceptors (Lipinski definition) is 1. The van der Waals surface area contributed by atoms with E-state index in [-0.39, 0.29) is 0 Å². The van der Waals surface area contributed by atoms with Crippen molar-refractivity contribution in [2.45, 2.75) is 45.8 Å². The maximum atomic E-state index is 6.15. The smallest absolute Gasteiger partial charge is 0.0988 e. The van der Waals surface area contributed by atoms with Gasteiger partial charge in [-0.15, -0.1) is 11.3 Å². The molecule has 0 aliphatic heterocycles. The van der Waals surface area contributed by atoms with Gasteiger partial charge in [-0.1, -0.05) is 50.5 Å². The topological polar surface area (TPSA) is 0 Å². The molecule has 0 nitrogen and oxygen atoms in total. The first-order valence-electron chi connectivity index (χ1n) is 5.36. The third kappa shape index (κ3) is 2.07. The molecule has 1 aromatic rings. The summed E-state index contributed by atoms with van der Waals surface area (Å²) in [6, 6.07) is 6.36. The first-order valence-corrected chi connectivity index (χ1v) is 9.17. The fraction of sp³-hybridized carbons (Fsp3) is 0.636. The van der Waals surface area contributed by atoms with Crippen LogP contribution in [0.3, 0.4) is 0 Å². The Kier molecular flexibility index (Phi) is 4.23. The van der Waals surface area contributed by atoms with Gasteiger partial charge in [0.15, 0.2) is 0 Å². The third-order valence-corrected chi connectivity index (χ3v) is 11.6. The van der Waals surface area contributed by atoms with Gasteiger partial charge in [0.05, 0.1) is 12.4 Å². The Morgan fingerprint density at radius 1 is 1.21 bits per heavy atom. The Morgan fingerprint density at radius 3 is 2.00 bits per heavy atom. The molecule has 0 saturated carbocycles. The molecule has 3 heteroatoms. The van der Waals surface area contributed by atoms with Gasteiger partial charge in [-0.25, -0.2) is 0 Å². The van der Waals surface area contributed by atoms with Gasteiger partial charge in [-0.2, -0.15) is 0 Å². The normalized spacial score (nSPS) is 12.1. The Morgan fingerprint density at radius 2 is 1.71 bits per heavy atom. The van der Waals surface area contributed by atoms with E-state index in [0.717, 1.165) is 4.34 Å². The highest BCUT2D eigenvalue weighted by atomic mass is 35.5. The van der Waals surface area contributed by atoms with E-state index in [0.29, 0.717) is 0 Å². The zero-order valence-corrected chi connectivity index (χ0v) is 12.1. The van der Waals surface area contributed by atoms with Crippen LogP contribution >= 0.6 is 22.9 Å². The van der Waals surface area contributed by atoms with Crippen molar-refractivity contribution >= 4 is 35.5 Å². The van der Waals surface area contributed by atoms with Crippen molar-refractivity contribution in [3.05, 3.63) is 16.0 Å². The molecule has 0 spiro atoms. The number of halogens is 1. The van der Waals surface area contributed by atoms with Crippen molar-refractivity contribution in [2.75, 3.05) is 0 Å². The summed E-state index contributed by atoms with van der Waals surface area (Å²) in [6.45, 7) is 9.12. The molecule has 0 aliphatic rings. The molecule has 0 radical (unpaired) electrons. The summed E-state index contributed by atoms with van der Waals surface area (Å²) in [5, 5.41) is 0. The predicted octanol–water partition coefficient (Wildman–Crippen LogP) is 4.43. The molecule has 1 heterocycles. The lowest BCUT2D eigenvalue weighted by molar-refractivity contribution is 1.20. The molecule has 80 valence electrons. The van der Waals surface area contributed by atoms with Gasteiger partial charge >= 0.3 is 0 Å². The molecule has 0 atom stereocenters. The van der Waals surface area contributed by atoms with Gasteiger partial charge < -0.3 is 0 Å². The van der Waals surface area contributed by atoms with Crippen LogP contribution in [0.2, 0.25) is 22.5 Å². The molecule has 0 bridgehead atoms. The lowest BCUT2D eigenvalue weighted by Crippen LogP contribution is -2.43. The first-order chi connectivity index (χ1) is 6.59. The van der Waals surface area contributed by atoms with E-state index in [1.807, 2.05) is 11.3 Å². The van der Waals surface area contributed by atoms with Crippen molar-refractivity contribution in [1.82, 2.24) is 0 Å². The minimum Gasteiger partial charge on any atom is -0.133 e. The van der Waals surface area contributed by atoms with Crippen LogP contribution in [-0.4, -0.2) is 8.07 Å². The monoisotopic (exact) mass is 246 g/mol. The third-order valence-electron chi connectivity index (χ3n) is 3.41. The minimum atomic E-state index is -1.17. The predicted molar refractivity (Wildman–Crippen MR) is 70.9 cm³/mol. The average Bonchev–Trinajstić information content (AvgIpc) is 2.51. The summed E-state index contributed by atoms with van der Waals surface area (Å²) in [6.07, 6.45) is 0. The molecule has 0 N–H and O–H groups in total. The second kappa shape index (κ2) is 4.82. The van der Waals surface area contributed by atoms with Gasteiger partial charge in [0, 0.05) is 0 Å². The van der Waals surface area contributed by atoms with Crippen molar-refractivity contribution in [3.63, 3.8) is 0 Å². The highest BCUT2D eigenvalue weighted by Crippen LogP contribution is 2.28. The van der Waals surface area contributed by atoms with Crippen molar-refractivity contribution < 1.29 is 0 Å². The summed E-state index contributed by atoms with van der Waals surface area (Å²) >= 11 is 7.97. The van der Waals surface area contributed by atoms with Crippen LogP contribution in [0.4, 0.5) is 0 Å². The van der Waals surface area contributed by atoms with Crippen LogP contribution in [0.1, 0.15) is 26.3 Å². The van der Waals surface area contributed by atoms with E-state index in [1.165, 1.54) is 23.7 Å². The van der Waals surface area contributed by atoms with Crippen LogP contribution in [-0.2, 0) is 0 Å². The maximum Gasteiger partial charge on any atom is 0.0988 e. The van der Waals surface area contributed by atoms with Crippen molar-refractivity contribution in [1.29, 1.82) is 0 Å². The zero-order chi connectivity index (χ0) is 10.8. The summed E-state index contributed by atoms with van der Waals surface area (Å²) in [7, 11) is -1.17. The summed E-state index contributed by atoms with van der Waals surface area (Å²) in [5.74, 6) is 0. The number of rotatable bonds is 4. The van der Waals surface area contributed by atoms with E-state index in [4.69, 9.17) is 11.6 Å². The minimum absolute atomic E-state index is 0.993. The van der Waals surface area contributed by atoms with Gasteiger partial charge in [0.25, 0.3) is 0 Å². The van der Waals surface area contributed by atoms with Crippen molar-refractivity contribution in [3.8, 4) is 0 Å². The second-order valence-electron chi connectivity index (χ2n) is 3.91. The molecule has 1 rings (SSSR count). The van der Waals surface area contributed by atoms with E-state index in [9.17, 15) is 0 Å².